The summed E-state index contributed by atoms with van der Waals surface area (Å²) < 4.78 is 17.0. The van der Waals surface area contributed by atoms with Gasteiger partial charge in [0.15, 0.2) is 11.5 Å². The standard InChI is InChI=1S/C30H30N4O4/c1-19-24-18-20(22-7-5-9-27-28(22)38-17-16-37-27)10-11-25(24)33-30(31-19)32-21-12-14-34(15-13-21)29(35)23-6-3-4-8-26(23)36-2/h3-11,18,21H,12-17H2,1-2H3,(H,31,32,33). The number of nitrogens with one attached hydrogen (secondary N) is 1. The third kappa shape index (κ3) is 4.58. The molecular formula is C30H30N4O4. The Morgan fingerprint density at radius 3 is 2.66 bits per heavy atom. The molecule has 0 spiro atoms. The number of carbonyl (C=O) groups is 1. The lowest BCUT2D eigenvalue weighted by molar-refractivity contribution is 0.0715. The molecule has 0 aliphatic carbocycles. The van der Waals surface area contributed by atoms with Gasteiger partial charge in [0, 0.05) is 30.1 Å². The molecule has 2 aliphatic heterocycles. The number of benzene rings is 3. The number of likely N-dealkylation sites (tertiary alicyclic amines) is 1. The van der Waals surface area contributed by atoms with Crippen LogP contribution in [0.5, 0.6) is 17.2 Å². The SMILES string of the molecule is COc1ccccc1C(=O)N1CCC(Nc2nc(C)c3cc(-c4cccc5c4OCCO5)ccc3n2)CC1. The molecule has 0 saturated carbocycles. The Bertz CT molecular complexity index is 1500. The third-order valence-electron chi connectivity index (χ3n) is 7.22. The Morgan fingerprint density at radius 1 is 1.00 bits per heavy atom. The van der Waals surface area contributed by atoms with E-state index < -0.39 is 0 Å². The first kappa shape index (κ1) is 24.0. The zero-order valence-corrected chi connectivity index (χ0v) is 21.6. The third-order valence-corrected chi connectivity index (χ3v) is 7.22. The smallest absolute Gasteiger partial charge is 0.257 e. The van der Waals surface area contributed by atoms with Gasteiger partial charge in [-0.15, -0.1) is 0 Å². The number of anilines is 1. The van der Waals surface area contributed by atoms with Crippen molar-refractivity contribution in [1.29, 1.82) is 0 Å². The molecule has 0 radical (unpaired) electrons. The molecule has 2 aliphatic rings. The summed E-state index contributed by atoms with van der Waals surface area (Å²) in [6, 6.07) is 19.7. The molecule has 1 amide bonds. The topological polar surface area (TPSA) is 85.8 Å². The van der Waals surface area contributed by atoms with Crippen LogP contribution in [0.25, 0.3) is 22.0 Å². The Morgan fingerprint density at radius 2 is 1.82 bits per heavy atom. The van der Waals surface area contributed by atoms with Gasteiger partial charge in [-0.3, -0.25) is 4.79 Å². The number of rotatable bonds is 5. The zero-order chi connectivity index (χ0) is 26.1. The van der Waals surface area contributed by atoms with E-state index in [0.717, 1.165) is 52.1 Å². The summed E-state index contributed by atoms with van der Waals surface area (Å²) in [4.78, 5) is 24.5. The minimum absolute atomic E-state index is 0.00569. The number of aryl methyl sites for hydroxylation is 1. The van der Waals surface area contributed by atoms with Crippen molar-refractivity contribution < 1.29 is 19.0 Å². The summed E-state index contributed by atoms with van der Waals surface area (Å²) >= 11 is 0. The van der Waals surface area contributed by atoms with Crippen molar-refractivity contribution in [2.24, 2.45) is 0 Å². The summed E-state index contributed by atoms with van der Waals surface area (Å²) in [6.07, 6.45) is 1.64. The highest BCUT2D eigenvalue weighted by atomic mass is 16.6. The second kappa shape index (κ2) is 10.2. The van der Waals surface area contributed by atoms with Crippen LogP contribution in [0, 0.1) is 6.92 Å². The first-order valence-corrected chi connectivity index (χ1v) is 13.0. The van der Waals surface area contributed by atoms with Gasteiger partial charge >= 0.3 is 0 Å². The maximum Gasteiger partial charge on any atom is 0.257 e. The minimum Gasteiger partial charge on any atom is -0.496 e. The second-order valence-corrected chi connectivity index (χ2v) is 9.61. The molecule has 3 aromatic carbocycles. The normalized spacial score (nSPS) is 15.4. The highest BCUT2D eigenvalue weighted by Crippen LogP contribution is 2.40. The summed E-state index contributed by atoms with van der Waals surface area (Å²) in [5.74, 6) is 2.79. The summed E-state index contributed by atoms with van der Waals surface area (Å²) in [6.45, 7) is 4.44. The van der Waals surface area contributed by atoms with Crippen LogP contribution < -0.4 is 19.5 Å². The average Bonchev–Trinajstić information content (AvgIpc) is 2.97. The van der Waals surface area contributed by atoms with Crippen molar-refractivity contribution in [3.8, 4) is 28.4 Å². The lowest BCUT2D eigenvalue weighted by Gasteiger charge is -2.32. The lowest BCUT2D eigenvalue weighted by Crippen LogP contribution is -2.42. The van der Waals surface area contributed by atoms with Crippen LogP contribution >= 0.6 is 0 Å². The monoisotopic (exact) mass is 510 g/mol. The molecule has 1 fully saturated rings. The molecule has 194 valence electrons. The van der Waals surface area contributed by atoms with Gasteiger partial charge in [0.25, 0.3) is 5.91 Å². The molecule has 1 saturated heterocycles. The van der Waals surface area contributed by atoms with E-state index in [1.165, 1.54) is 0 Å². The van der Waals surface area contributed by atoms with E-state index in [0.29, 0.717) is 43.6 Å². The molecule has 0 unspecified atom stereocenters. The Kier molecular flexibility index (Phi) is 6.45. The number of fused-ring (bicyclic) bond motifs is 2. The largest absolute Gasteiger partial charge is 0.496 e. The van der Waals surface area contributed by atoms with Crippen molar-refractivity contribution in [2.75, 3.05) is 38.7 Å². The van der Waals surface area contributed by atoms with Crippen molar-refractivity contribution in [2.45, 2.75) is 25.8 Å². The van der Waals surface area contributed by atoms with Crippen LogP contribution in [-0.2, 0) is 0 Å². The molecule has 4 aromatic rings. The number of hydrogen-bond acceptors (Lipinski definition) is 7. The van der Waals surface area contributed by atoms with Gasteiger partial charge in [0.2, 0.25) is 5.95 Å². The maximum atomic E-state index is 13.0. The zero-order valence-electron chi connectivity index (χ0n) is 21.6. The van der Waals surface area contributed by atoms with Crippen molar-refractivity contribution in [3.05, 3.63) is 71.9 Å². The maximum absolute atomic E-state index is 13.0. The predicted molar refractivity (Wildman–Crippen MR) is 146 cm³/mol. The van der Waals surface area contributed by atoms with Crippen LogP contribution in [0.2, 0.25) is 0 Å². The van der Waals surface area contributed by atoms with Crippen molar-refractivity contribution >= 4 is 22.8 Å². The number of carbonyl (C=O) groups excluding carboxylic acids is 1. The predicted octanol–water partition coefficient (Wildman–Crippen LogP) is 5.10. The van der Waals surface area contributed by atoms with Gasteiger partial charge in [-0.05, 0) is 55.7 Å². The number of piperidine rings is 1. The fraction of sp³-hybridized carbons (Fsp3) is 0.300. The molecular weight excluding hydrogens is 480 g/mol. The van der Waals surface area contributed by atoms with Gasteiger partial charge in [-0.1, -0.05) is 30.3 Å². The van der Waals surface area contributed by atoms with Crippen LogP contribution in [0.3, 0.4) is 0 Å². The number of hydrogen-bond donors (Lipinski definition) is 1. The van der Waals surface area contributed by atoms with Crippen molar-refractivity contribution in [1.82, 2.24) is 14.9 Å². The van der Waals surface area contributed by atoms with Crippen LogP contribution in [0.1, 0.15) is 28.9 Å². The second-order valence-electron chi connectivity index (χ2n) is 9.61. The molecule has 8 heteroatoms. The lowest BCUT2D eigenvalue weighted by atomic mass is 10.0. The number of para-hydroxylation sites is 2. The van der Waals surface area contributed by atoms with Gasteiger partial charge in [0.05, 0.1) is 23.9 Å². The summed E-state index contributed by atoms with van der Waals surface area (Å²) in [5, 5.41) is 4.50. The molecule has 3 heterocycles. The molecule has 6 rings (SSSR count). The summed E-state index contributed by atoms with van der Waals surface area (Å²) in [7, 11) is 1.59. The van der Waals surface area contributed by atoms with E-state index in [9.17, 15) is 4.79 Å². The van der Waals surface area contributed by atoms with E-state index in [4.69, 9.17) is 24.2 Å². The molecule has 1 N–H and O–H groups in total. The molecule has 1 aromatic heterocycles. The number of nitrogens with zero attached hydrogens (tertiary/aromatic N) is 3. The molecule has 8 nitrogen and oxygen atoms in total. The minimum atomic E-state index is 0.00569. The van der Waals surface area contributed by atoms with Crippen LogP contribution in [0.15, 0.2) is 60.7 Å². The number of ether oxygens (including phenoxy) is 3. The highest BCUT2D eigenvalue weighted by molar-refractivity contribution is 5.97. The van der Waals surface area contributed by atoms with Crippen molar-refractivity contribution in [3.63, 3.8) is 0 Å². The Hall–Kier alpha value is -4.33. The number of amides is 1. The summed E-state index contributed by atoms with van der Waals surface area (Å²) in [5.41, 5.74) is 4.43. The van der Waals surface area contributed by atoms with Gasteiger partial charge < -0.3 is 24.4 Å². The fourth-order valence-corrected chi connectivity index (χ4v) is 5.22. The van der Waals surface area contributed by atoms with Gasteiger partial charge in [0.1, 0.15) is 19.0 Å². The Balaban J connectivity index is 1.16. The number of aromatic nitrogens is 2. The van der Waals surface area contributed by atoms with E-state index in [1.807, 2.05) is 60.4 Å². The van der Waals surface area contributed by atoms with E-state index >= 15 is 0 Å². The highest BCUT2D eigenvalue weighted by Gasteiger charge is 2.26. The average molecular weight is 511 g/mol. The van der Waals surface area contributed by atoms with E-state index in [-0.39, 0.29) is 11.9 Å². The molecule has 0 atom stereocenters. The van der Waals surface area contributed by atoms with E-state index in [1.54, 1.807) is 7.11 Å². The fourth-order valence-electron chi connectivity index (χ4n) is 5.22. The van der Waals surface area contributed by atoms with Gasteiger partial charge in [-0.2, -0.15) is 0 Å². The molecule has 0 bridgehead atoms. The van der Waals surface area contributed by atoms with Crippen LogP contribution in [-0.4, -0.2) is 60.2 Å². The Labute approximate surface area is 221 Å². The first-order valence-electron chi connectivity index (χ1n) is 13.0. The van der Waals surface area contributed by atoms with Crippen LogP contribution in [0.4, 0.5) is 5.95 Å². The molecule has 38 heavy (non-hydrogen) atoms. The quantitative estimate of drug-likeness (QED) is 0.400. The van der Waals surface area contributed by atoms with Gasteiger partial charge in [-0.25, -0.2) is 9.97 Å². The van der Waals surface area contributed by atoms with E-state index in [2.05, 4.69) is 17.4 Å². The number of methoxy groups -OCH3 is 1. The first-order chi connectivity index (χ1) is 18.6.